The van der Waals surface area contributed by atoms with Crippen molar-refractivity contribution in [1.29, 1.82) is 0 Å². The topological polar surface area (TPSA) is 81.2 Å². The average Bonchev–Trinajstić information content (AvgIpc) is 2.56. The van der Waals surface area contributed by atoms with Gasteiger partial charge in [0.1, 0.15) is 18.1 Å². The van der Waals surface area contributed by atoms with Gasteiger partial charge in [-0.1, -0.05) is 6.07 Å². The summed E-state index contributed by atoms with van der Waals surface area (Å²) in [4.78, 5) is 32.3. The van der Waals surface area contributed by atoms with Crippen LogP contribution < -0.4 is 5.32 Å². The normalized spacial score (nSPS) is 11.6. The summed E-state index contributed by atoms with van der Waals surface area (Å²) >= 11 is 0. The molecule has 0 fully saturated rings. The number of aromatic nitrogens is 2. The van der Waals surface area contributed by atoms with Crippen molar-refractivity contribution in [2.75, 3.05) is 11.9 Å². The highest BCUT2D eigenvalue weighted by atomic mass is 19.1. The predicted molar refractivity (Wildman–Crippen MR) is 85.6 cm³/mol. The Morgan fingerprint density at radius 2 is 2.12 bits per heavy atom. The fourth-order valence-electron chi connectivity index (χ4n) is 2.12. The number of amides is 1. The monoisotopic (exact) mass is 331 g/mol. The van der Waals surface area contributed by atoms with Crippen molar-refractivity contribution in [3.63, 3.8) is 0 Å². The second-order valence-corrected chi connectivity index (χ2v) is 5.18. The second kappa shape index (κ2) is 8.14. The lowest BCUT2D eigenvalue weighted by Crippen LogP contribution is -2.33. The summed E-state index contributed by atoms with van der Waals surface area (Å²) in [7, 11) is 0. The van der Waals surface area contributed by atoms with E-state index in [1.165, 1.54) is 24.7 Å². The first kappa shape index (κ1) is 17.5. The number of nitrogens with one attached hydrogen (secondary N) is 1. The van der Waals surface area contributed by atoms with Crippen LogP contribution in [0.1, 0.15) is 18.2 Å². The van der Waals surface area contributed by atoms with Crippen LogP contribution in [0, 0.1) is 18.7 Å². The Hall–Kier alpha value is -2.83. The Labute approximate surface area is 139 Å². The van der Waals surface area contributed by atoms with E-state index in [9.17, 15) is 14.0 Å². The quantitative estimate of drug-likeness (QED) is 0.649. The molecular weight excluding hydrogens is 313 g/mol. The van der Waals surface area contributed by atoms with Gasteiger partial charge < -0.3 is 10.1 Å². The smallest absolute Gasteiger partial charge is 0.318 e. The highest BCUT2D eigenvalue weighted by Crippen LogP contribution is 2.18. The molecule has 0 aliphatic carbocycles. The Morgan fingerprint density at radius 1 is 1.33 bits per heavy atom. The molecule has 0 bridgehead atoms. The van der Waals surface area contributed by atoms with E-state index in [1.54, 1.807) is 26.0 Å². The number of carbonyl (C=O) groups is 2. The zero-order chi connectivity index (χ0) is 17.5. The van der Waals surface area contributed by atoms with Gasteiger partial charge in [0.25, 0.3) is 0 Å². The van der Waals surface area contributed by atoms with E-state index in [-0.39, 0.29) is 18.7 Å². The summed E-state index contributed by atoms with van der Waals surface area (Å²) in [6.45, 7) is 3.54. The number of anilines is 1. The van der Waals surface area contributed by atoms with E-state index in [2.05, 4.69) is 15.3 Å². The fourth-order valence-corrected chi connectivity index (χ4v) is 2.12. The Bertz CT molecular complexity index is 722. The molecule has 0 aliphatic rings. The van der Waals surface area contributed by atoms with Crippen LogP contribution in [-0.4, -0.2) is 28.5 Å². The molecule has 1 N–H and O–H groups in total. The standard InChI is InChI=1S/C17H18FN3O3/c1-3-24-17(23)13(9-12-6-7-19-10-20-12)16(22)21-15-5-4-11(2)8-14(15)18/h4-8,10,13H,3,9H2,1-2H3,(H,21,22). The minimum absolute atomic E-state index is 0.0163. The highest BCUT2D eigenvalue weighted by molar-refractivity contribution is 6.05. The van der Waals surface area contributed by atoms with Crippen LogP contribution in [-0.2, 0) is 20.7 Å². The summed E-state index contributed by atoms with van der Waals surface area (Å²) in [6.07, 6.45) is 2.89. The van der Waals surface area contributed by atoms with Gasteiger partial charge in [0, 0.05) is 18.3 Å². The Balaban J connectivity index is 2.18. The molecule has 2 rings (SSSR count). The average molecular weight is 331 g/mol. The number of benzene rings is 1. The molecule has 0 saturated carbocycles. The molecule has 0 radical (unpaired) electrons. The molecule has 1 unspecified atom stereocenters. The zero-order valence-electron chi connectivity index (χ0n) is 13.5. The molecule has 7 heteroatoms. The third-order valence-corrected chi connectivity index (χ3v) is 3.33. The first-order chi connectivity index (χ1) is 11.5. The van der Waals surface area contributed by atoms with Gasteiger partial charge in [-0.15, -0.1) is 0 Å². The lowest BCUT2D eigenvalue weighted by atomic mass is 10.0. The van der Waals surface area contributed by atoms with Crippen LogP contribution in [0.15, 0.2) is 36.8 Å². The van der Waals surface area contributed by atoms with Crippen LogP contribution in [0.4, 0.5) is 10.1 Å². The van der Waals surface area contributed by atoms with E-state index in [1.807, 2.05) is 0 Å². The largest absolute Gasteiger partial charge is 0.465 e. The molecule has 1 aromatic carbocycles. The number of carbonyl (C=O) groups excluding carboxylic acids is 2. The van der Waals surface area contributed by atoms with E-state index >= 15 is 0 Å². The minimum Gasteiger partial charge on any atom is -0.465 e. The Kier molecular flexibility index (Phi) is 5.95. The maximum absolute atomic E-state index is 13.9. The SMILES string of the molecule is CCOC(=O)C(Cc1ccncn1)C(=O)Nc1ccc(C)cc1F. The van der Waals surface area contributed by atoms with Gasteiger partial charge in [-0.2, -0.15) is 0 Å². The van der Waals surface area contributed by atoms with E-state index in [4.69, 9.17) is 4.74 Å². The van der Waals surface area contributed by atoms with Crippen LogP contribution >= 0.6 is 0 Å². The molecule has 1 aromatic heterocycles. The van der Waals surface area contributed by atoms with Crippen molar-refractivity contribution >= 4 is 17.6 Å². The number of aryl methyl sites for hydroxylation is 1. The number of nitrogens with zero attached hydrogens (tertiary/aromatic N) is 2. The van der Waals surface area contributed by atoms with Crippen LogP contribution in [0.2, 0.25) is 0 Å². The van der Waals surface area contributed by atoms with Gasteiger partial charge in [-0.05, 0) is 37.6 Å². The first-order valence-electron chi connectivity index (χ1n) is 7.49. The lowest BCUT2D eigenvalue weighted by molar-refractivity contribution is -0.150. The van der Waals surface area contributed by atoms with Gasteiger partial charge in [-0.25, -0.2) is 14.4 Å². The lowest BCUT2D eigenvalue weighted by Gasteiger charge is -2.15. The summed E-state index contributed by atoms with van der Waals surface area (Å²) in [5.41, 5.74) is 1.26. The molecule has 0 saturated heterocycles. The van der Waals surface area contributed by atoms with Crippen molar-refractivity contribution in [3.05, 3.63) is 53.9 Å². The summed E-state index contributed by atoms with van der Waals surface area (Å²) in [5, 5.41) is 2.44. The van der Waals surface area contributed by atoms with E-state index < -0.39 is 23.6 Å². The zero-order valence-corrected chi connectivity index (χ0v) is 13.5. The predicted octanol–water partition coefficient (Wildman–Crippen LogP) is 2.28. The second-order valence-electron chi connectivity index (χ2n) is 5.18. The van der Waals surface area contributed by atoms with E-state index in [0.717, 1.165) is 5.56 Å². The molecule has 0 spiro atoms. The molecule has 126 valence electrons. The highest BCUT2D eigenvalue weighted by Gasteiger charge is 2.29. The van der Waals surface area contributed by atoms with Crippen molar-refractivity contribution in [2.45, 2.75) is 20.3 Å². The van der Waals surface area contributed by atoms with Gasteiger partial charge >= 0.3 is 5.97 Å². The van der Waals surface area contributed by atoms with E-state index in [0.29, 0.717) is 5.69 Å². The van der Waals surface area contributed by atoms with Crippen molar-refractivity contribution < 1.29 is 18.7 Å². The molecule has 1 heterocycles. The molecular formula is C17H18FN3O3. The maximum atomic E-state index is 13.9. The molecule has 1 atom stereocenters. The van der Waals surface area contributed by atoms with Crippen LogP contribution in [0.25, 0.3) is 0 Å². The van der Waals surface area contributed by atoms with Gasteiger partial charge in [0.2, 0.25) is 5.91 Å². The van der Waals surface area contributed by atoms with Crippen molar-refractivity contribution in [3.8, 4) is 0 Å². The third kappa shape index (κ3) is 4.58. The molecule has 2 aromatic rings. The molecule has 1 amide bonds. The van der Waals surface area contributed by atoms with Crippen LogP contribution in [0.3, 0.4) is 0 Å². The first-order valence-corrected chi connectivity index (χ1v) is 7.49. The minimum atomic E-state index is -1.12. The summed E-state index contributed by atoms with van der Waals surface area (Å²) < 4.78 is 18.8. The number of halogens is 1. The van der Waals surface area contributed by atoms with Gasteiger partial charge in [0.05, 0.1) is 12.3 Å². The number of hydrogen-bond acceptors (Lipinski definition) is 5. The number of hydrogen-bond donors (Lipinski definition) is 1. The van der Waals surface area contributed by atoms with Crippen molar-refractivity contribution in [1.82, 2.24) is 9.97 Å². The molecule has 0 aliphatic heterocycles. The summed E-state index contributed by atoms with van der Waals surface area (Å²) in [6, 6.07) is 6.03. The maximum Gasteiger partial charge on any atom is 0.318 e. The molecule has 6 nitrogen and oxygen atoms in total. The van der Waals surface area contributed by atoms with Gasteiger partial charge in [0.15, 0.2) is 0 Å². The van der Waals surface area contributed by atoms with Crippen LogP contribution in [0.5, 0.6) is 0 Å². The molecule has 24 heavy (non-hydrogen) atoms. The summed E-state index contributed by atoms with van der Waals surface area (Å²) in [5.74, 6) is -3.01. The number of ether oxygens (including phenoxy) is 1. The third-order valence-electron chi connectivity index (χ3n) is 3.33. The van der Waals surface area contributed by atoms with Gasteiger partial charge in [-0.3, -0.25) is 9.59 Å². The fraction of sp³-hybridized carbons (Fsp3) is 0.294. The number of esters is 1. The Morgan fingerprint density at radius 3 is 2.75 bits per heavy atom. The van der Waals surface area contributed by atoms with Crippen molar-refractivity contribution in [2.24, 2.45) is 5.92 Å². The number of rotatable bonds is 6.